The highest BCUT2D eigenvalue weighted by Crippen LogP contribution is 2.47. The Morgan fingerprint density at radius 1 is 1.16 bits per heavy atom. The molecule has 0 bridgehead atoms. The van der Waals surface area contributed by atoms with Gasteiger partial charge in [0.1, 0.15) is 5.54 Å². The maximum absolute atomic E-state index is 12.0. The Bertz CT molecular complexity index is 961. The third kappa shape index (κ3) is 4.58. The Morgan fingerprint density at radius 2 is 1.84 bits per heavy atom. The zero-order valence-electron chi connectivity index (χ0n) is 18.7. The molecule has 2 aromatic carbocycles. The van der Waals surface area contributed by atoms with Gasteiger partial charge in [-0.2, -0.15) is 5.26 Å². The van der Waals surface area contributed by atoms with Crippen LogP contribution >= 0.6 is 0 Å². The second kappa shape index (κ2) is 9.50. The van der Waals surface area contributed by atoms with E-state index >= 15 is 0 Å². The minimum Gasteiger partial charge on any atom is -0.462 e. The lowest BCUT2D eigenvalue weighted by molar-refractivity contribution is 0.0526. The number of hydrogen-bond donors (Lipinski definition) is 0. The summed E-state index contributed by atoms with van der Waals surface area (Å²) in [6.45, 7) is 8.89. The van der Waals surface area contributed by atoms with Gasteiger partial charge in [-0.05, 0) is 41.8 Å². The molecule has 0 aromatic heterocycles. The molecule has 2 unspecified atom stereocenters. The number of esters is 1. The number of hydrogen-bond acceptors (Lipinski definition) is 5. The van der Waals surface area contributed by atoms with Crippen molar-refractivity contribution >= 4 is 26.6 Å². The molecule has 0 amide bonds. The first-order valence-corrected chi connectivity index (χ1v) is 11.9. The van der Waals surface area contributed by atoms with Gasteiger partial charge in [-0.1, -0.05) is 57.2 Å². The SMILES string of the molecule is CCOC(=O)c1ccc(N2C=CC(CO[SiH2]c3ccccc3)C2(C#N)C(C)(C)C)cc1. The van der Waals surface area contributed by atoms with Crippen molar-refractivity contribution in [3.05, 3.63) is 72.4 Å². The fourth-order valence-electron chi connectivity index (χ4n) is 4.16. The van der Waals surface area contributed by atoms with Crippen molar-refractivity contribution in [3.63, 3.8) is 0 Å². The van der Waals surface area contributed by atoms with E-state index in [9.17, 15) is 10.1 Å². The first-order valence-electron chi connectivity index (χ1n) is 10.6. The second-order valence-electron chi connectivity index (χ2n) is 8.71. The van der Waals surface area contributed by atoms with Crippen LogP contribution in [0.25, 0.3) is 0 Å². The van der Waals surface area contributed by atoms with E-state index in [1.54, 1.807) is 19.1 Å². The predicted molar refractivity (Wildman–Crippen MR) is 126 cm³/mol. The van der Waals surface area contributed by atoms with Crippen molar-refractivity contribution < 1.29 is 14.0 Å². The van der Waals surface area contributed by atoms with Gasteiger partial charge in [-0.25, -0.2) is 4.79 Å². The molecular weight excluding hydrogens is 404 g/mol. The molecular formula is C25H30N2O3Si. The van der Waals surface area contributed by atoms with Gasteiger partial charge in [-0.15, -0.1) is 0 Å². The van der Waals surface area contributed by atoms with Crippen LogP contribution in [0.2, 0.25) is 0 Å². The lowest BCUT2D eigenvalue weighted by Gasteiger charge is -2.47. The van der Waals surface area contributed by atoms with E-state index in [1.807, 2.05) is 41.4 Å². The van der Waals surface area contributed by atoms with Gasteiger partial charge in [0.05, 0.1) is 18.2 Å². The van der Waals surface area contributed by atoms with Crippen molar-refractivity contribution in [2.45, 2.75) is 33.2 Å². The highest BCUT2D eigenvalue weighted by atomic mass is 28.2. The van der Waals surface area contributed by atoms with Gasteiger partial charge >= 0.3 is 5.97 Å². The molecule has 0 spiro atoms. The van der Waals surface area contributed by atoms with Gasteiger partial charge < -0.3 is 14.1 Å². The van der Waals surface area contributed by atoms with E-state index in [4.69, 9.17) is 9.16 Å². The predicted octanol–water partition coefficient (Wildman–Crippen LogP) is 3.55. The molecule has 5 nitrogen and oxygen atoms in total. The summed E-state index contributed by atoms with van der Waals surface area (Å²) < 4.78 is 11.2. The molecule has 0 saturated carbocycles. The summed E-state index contributed by atoms with van der Waals surface area (Å²) in [7, 11) is -0.858. The fraction of sp³-hybridized carbons (Fsp3) is 0.360. The Balaban J connectivity index is 1.83. The second-order valence-corrected chi connectivity index (χ2v) is 10.2. The van der Waals surface area contributed by atoms with E-state index in [1.165, 1.54) is 5.19 Å². The molecule has 1 heterocycles. The van der Waals surface area contributed by atoms with Crippen molar-refractivity contribution in [2.75, 3.05) is 18.1 Å². The van der Waals surface area contributed by atoms with Gasteiger partial charge in [-0.3, -0.25) is 0 Å². The molecule has 0 N–H and O–H groups in total. The van der Waals surface area contributed by atoms with E-state index in [0.29, 0.717) is 18.8 Å². The van der Waals surface area contributed by atoms with Crippen molar-refractivity contribution in [1.82, 2.24) is 0 Å². The topological polar surface area (TPSA) is 62.6 Å². The van der Waals surface area contributed by atoms with Crippen molar-refractivity contribution in [1.29, 1.82) is 5.26 Å². The Labute approximate surface area is 187 Å². The minimum absolute atomic E-state index is 0.0709. The number of nitrogens with zero attached hydrogens (tertiary/aromatic N) is 2. The summed E-state index contributed by atoms with van der Waals surface area (Å²) in [6, 6.07) is 20.1. The smallest absolute Gasteiger partial charge is 0.338 e. The molecule has 0 fully saturated rings. The average molecular weight is 435 g/mol. The van der Waals surface area contributed by atoms with Gasteiger partial charge in [0, 0.05) is 24.4 Å². The number of ether oxygens (including phenoxy) is 1. The highest BCUT2D eigenvalue weighted by Gasteiger charge is 2.54. The van der Waals surface area contributed by atoms with Crippen molar-refractivity contribution in [3.8, 4) is 6.07 Å². The van der Waals surface area contributed by atoms with Gasteiger partial charge in [0.25, 0.3) is 0 Å². The molecule has 2 aromatic rings. The molecule has 31 heavy (non-hydrogen) atoms. The number of benzene rings is 2. The lowest BCUT2D eigenvalue weighted by Crippen LogP contribution is -2.57. The number of rotatable bonds is 7. The molecule has 162 valence electrons. The third-order valence-electron chi connectivity index (χ3n) is 5.76. The maximum atomic E-state index is 12.0. The van der Waals surface area contributed by atoms with Crippen LogP contribution in [0, 0.1) is 22.7 Å². The quantitative estimate of drug-likeness (QED) is 0.493. The highest BCUT2D eigenvalue weighted by molar-refractivity contribution is 6.46. The van der Waals surface area contributed by atoms with E-state index in [-0.39, 0.29) is 17.3 Å². The summed E-state index contributed by atoms with van der Waals surface area (Å²) >= 11 is 0. The molecule has 6 heteroatoms. The number of nitriles is 1. The molecule has 1 aliphatic heterocycles. The third-order valence-corrected chi connectivity index (χ3v) is 7.01. The van der Waals surface area contributed by atoms with Crippen LogP contribution in [0.1, 0.15) is 38.1 Å². The largest absolute Gasteiger partial charge is 0.462 e. The Morgan fingerprint density at radius 3 is 2.42 bits per heavy atom. The average Bonchev–Trinajstić information content (AvgIpc) is 3.14. The molecule has 3 rings (SSSR count). The molecule has 1 aliphatic rings. The lowest BCUT2D eigenvalue weighted by atomic mass is 9.67. The van der Waals surface area contributed by atoms with Crippen LogP contribution in [0.3, 0.4) is 0 Å². The first kappa shape index (κ1) is 22.8. The number of anilines is 1. The zero-order chi connectivity index (χ0) is 22.5. The molecule has 0 radical (unpaired) electrons. The zero-order valence-corrected chi connectivity index (χ0v) is 20.1. The standard InChI is InChI=1S/C25H30N2O3Si/c1-5-29-23(28)19-11-13-21(14-12-19)27-16-15-20(25(27,18-26)24(2,3)4)17-30-31-22-9-7-6-8-10-22/h6-16,20H,5,17,31H2,1-4H3. The summed E-state index contributed by atoms with van der Waals surface area (Å²) in [6.07, 6.45) is 4.05. The van der Waals surface area contributed by atoms with Gasteiger partial charge in [0.2, 0.25) is 0 Å². The van der Waals surface area contributed by atoms with Crippen LogP contribution in [0.5, 0.6) is 0 Å². The number of carbonyl (C=O) groups is 1. The van der Waals surface area contributed by atoms with Crippen LogP contribution < -0.4 is 10.1 Å². The van der Waals surface area contributed by atoms with Crippen LogP contribution in [-0.2, 0) is 9.16 Å². The van der Waals surface area contributed by atoms with Gasteiger partial charge in [0.15, 0.2) is 9.76 Å². The van der Waals surface area contributed by atoms with E-state index in [0.717, 1.165) is 5.69 Å². The number of carbonyl (C=O) groups excluding carboxylic acids is 1. The summed E-state index contributed by atoms with van der Waals surface area (Å²) in [5.41, 5.74) is 0.223. The fourth-order valence-corrected chi connectivity index (χ4v) is 5.24. The van der Waals surface area contributed by atoms with Crippen LogP contribution in [0.15, 0.2) is 66.9 Å². The Hall–Kier alpha value is -2.88. The summed E-state index contributed by atoms with van der Waals surface area (Å²) in [4.78, 5) is 14.0. The van der Waals surface area contributed by atoms with E-state index < -0.39 is 15.3 Å². The Kier molecular flexibility index (Phi) is 6.99. The monoisotopic (exact) mass is 434 g/mol. The summed E-state index contributed by atoms with van der Waals surface area (Å²) in [5, 5.41) is 11.7. The van der Waals surface area contributed by atoms with Crippen LogP contribution in [-0.4, -0.2) is 34.5 Å². The molecule has 0 saturated heterocycles. The molecule has 2 atom stereocenters. The molecule has 0 aliphatic carbocycles. The first-order chi connectivity index (χ1) is 14.8. The minimum atomic E-state index is -0.858. The normalized spacial score (nSPS) is 20.9. The van der Waals surface area contributed by atoms with Crippen molar-refractivity contribution in [2.24, 2.45) is 11.3 Å². The summed E-state index contributed by atoms with van der Waals surface area (Å²) in [5.74, 6) is -0.413. The van der Waals surface area contributed by atoms with Crippen LogP contribution in [0.4, 0.5) is 5.69 Å². The van der Waals surface area contributed by atoms with E-state index in [2.05, 4.69) is 45.0 Å². The maximum Gasteiger partial charge on any atom is 0.338 e.